The zero-order valence-electron chi connectivity index (χ0n) is 10.4. The second kappa shape index (κ2) is 8.06. The van der Waals surface area contributed by atoms with Crippen LogP contribution in [0.1, 0.15) is 32.1 Å². The summed E-state index contributed by atoms with van der Waals surface area (Å²) in [5.74, 6) is -5.63. The number of rotatable bonds is 10. The van der Waals surface area contributed by atoms with E-state index in [9.17, 15) is 19.2 Å². The number of primary amides is 2. The molecule has 0 aliphatic heterocycles. The first kappa shape index (κ1) is 16.9. The first-order chi connectivity index (χ1) is 8.73. The van der Waals surface area contributed by atoms with Crippen molar-refractivity contribution in [2.24, 2.45) is 23.3 Å². The fourth-order valence-corrected chi connectivity index (χ4v) is 1.66. The Hall–Kier alpha value is -2.12. The minimum atomic E-state index is -1.19. The highest BCUT2D eigenvalue weighted by molar-refractivity contribution is 5.77. The number of hydrogen-bond acceptors (Lipinski definition) is 4. The molecule has 0 aromatic rings. The summed E-state index contributed by atoms with van der Waals surface area (Å²) in [6, 6.07) is 0. The number of carbonyl (C=O) groups excluding carboxylic acids is 2. The maximum absolute atomic E-state index is 11.0. The number of hydrogen-bond donors (Lipinski definition) is 4. The summed E-state index contributed by atoms with van der Waals surface area (Å²) in [4.78, 5) is 43.2. The fourth-order valence-electron chi connectivity index (χ4n) is 1.66. The molecule has 0 saturated carbocycles. The van der Waals surface area contributed by atoms with Gasteiger partial charge in [0.05, 0.1) is 11.8 Å². The highest BCUT2D eigenvalue weighted by atomic mass is 16.4. The summed E-state index contributed by atoms with van der Waals surface area (Å²) >= 11 is 0. The van der Waals surface area contributed by atoms with Gasteiger partial charge in [-0.25, -0.2) is 0 Å². The molecule has 0 rings (SSSR count). The Morgan fingerprint density at radius 1 is 0.789 bits per heavy atom. The molecule has 19 heavy (non-hydrogen) atoms. The Kier molecular flexibility index (Phi) is 7.16. The zero-order chi connectivity index (χ0) is 15.0. The molecule has 2 amide bonds. The van der Waals surface area contributed by atoms with Crippen LogP contribution < -0.4 is 11.5 Å². The van der Waals surface area contributed by atoms with E-state index in [1.807, 2.05) is 0 Å². The molecular weight excluding hydrogens is 256 g/mol. The van der Waals surface area contributed by atoms with Gasteiger partial charge < -0.3 is 21.7 Å². The quantitative estimate of drug-likeness (QED) is 0.412. The average molecular weight is 274 g/mol. The number of nitrogens with two attached hydrogens (primary N) is 2. The molecule has 6 N–H and O–H groups in total. The Bertz CT molecular complexity index is 334. The van der Waals surface area contributed by atoms with Gasteiger partial charge in [0, 0.05) is 12.8 Å². The molecule has 0 radical (unpaired) electrons. The lowest BCUT2D eigenvalue weighted by Gasteiger charge is -2.16. The third-order valence-corrected chi connectivity index (χ3v) is 2.75. The third-order valence-electron chi connectivity index (χ3n) is 2.75. The van der Waals surface area contributed by atoms with Gasteiger partial charge >= 0.3 is 11.9 Å². The van der Waals surface area contributed by atoms with Crippen LogP contribution in [0.3, 0.4) is 0 Å². The van der Waals surface area contributed by atoms with Crippen molar-refractivity contribution in [3.8, 4) is 0 Å². The van der Waals surface area contributed by atoms with Crippen molar-refractivity contribution in [1.82, 2.24) is 0 Å². The smallest absolute Gasteiger partial charge is 0.306 e. The van der Waals surface area contributed by atoms with Gasteiger partial charge in [-0.2, -0.15) is 0 Å². The van der Waals surface area contributed by atoms with E-state index in [4.69, 9.17) is 21.7 Å². The van der Waals surface area contributed by atoms with Crippen LogP contribution in [-0.4, -0.2) is 34.0 Å². The van der Waals surface area contributed by atoms with E-state index in [1.165, 1.54) is 0 Å². The van der Waals surface area contributed by atoms with E-state index in [2.05, 4.69) is 0 Å². The van der Waals surface area contributed by atoms with Crippen molar-refractivity contribution in [3.63, 3.8) is 0 Å². The molecule has 2 atom stereocenters. The first-order valence-electron chi connectivity index (χ1n) is 5.76. The molecule has 108 valence electrons. The second-order valence-electron chi connectivity index (χ2n) is 4.32. The van der Waals surface area contributed by atoms with Crippen LogP contribution in [0.5, 0.6) is 0 Å². The Balaban J connectivity index is 4.56. The van der Waals surface area contributed by atoms with Gasteiger partial charge in [0.1, 0.15) is 0 Å². The minimum absolute atomic E-state index is 0.0228. The summed E-state index contributed by atoms with van der Waals surface area (Å²) in [7, 11) is 0. The normalized spacial score (nSPS) is 13.5. The predicted octanol–water partition coefficient (Wildman–Crippen LogP) is -0.691. The van der Waals surface area contributed by atoms with Crippen molar-refractivity contribution >= 4 is 23.8 Å². The monoisotopic (exact) mass is 274 g/mol. The standard InChI is InChI=1S/C11H18N2O6/c12-8(14)3-1-6(10(16)17)5-7(11(18)19)2-4-9(13)15/h6-7H,1-5H2,(H2,12,14)(H2,13,15)(H,16,17)(H,18,19). The largest absolute Gasteiger partial charge is 0.481 e. The van der Waals surface area contributed by atoms with Gasteiger partial charge in [-0.15, -0.1) is 0 Å². The van der Waals surface area contributed by atoms with Gasteiger partial charge in [-0.3, -0.25) is 19.2 Å². The highest BCUT2D eigenvalue weighted by Crippen LogP contribution is 2.22. The predicted molar refractivity (Wildman–Crippen MR) is 63.7 cm³/mol. The summed E-state index contributed by atoms with van der Waals surface area (Å²) in [6.07, 6.45) is -0.459. The SMILES string of the molecule is NC(=O)CCC(CC(CCC(N)=O)C(=O)O)C(=O)O. The summed E-state index contributed by atoms with van der Waals surface area (Å²) in [5.41, 5.74) is 9.84. The first-order valence-corrected chi connectivity index (χ1v) is 5.76. The molecule has 0 heterocycles. The molecule has 0 aromatic carbocycles. The van der Waals surface area contributed by atoms with Crippen molar-refractivity contribution < 1.29 is 29.4 Å². The van der Waals surface area contributed by atoms with Crippen LogP contribution in [0, 0.1) is 11.8 Å². The molecule has 0 spiro atoms. The summed E-state index contributed by atoms with van der Waals surface area (Å²) in [5, 5.41) is 17.9. The topological polar surface area (TPSA) is 161 Å². The maximum Gasteiger partial charge on any atom is 0.306 e. The molecule has 8 nitrogen and oxygen atoms in total. The van der Waals surface area contributed by atoms with Gasteiger partial charge in [0.15, 0.2) is 0 Å². The lowest BCUT2D eigenvalue weighted by Crippen LogP contribution is -2.25. The lowest BCUT2D eigenvalue weighted by molar-refractivity contribution is -0.146. The Labute approximate surface area is 109 Å². The van der Waals surface area contributed by atoms with Gasteiger partial charge in [-0.1, -0.05) is 0 Å². The van der Waals surface area contributed by atoms with Crippen molar-refractivity contribution in [2.75, 3.05) is 0 Å². The van der Waals surface area contributed by atoms with Crippen molar-refractivity contribution in [1.29, 1.82) is 0 Å². The van der Waals surface area contributed by atoms with Crippen LogP contribution in [0.4, 0.5) is 0 Å². The molecule has 0 saturated heterocycles. The van der Waals surface area contributed by atoms with E-state index < -0.39 is 35.6 Å². The molecule has 0 bridgehead atoms. The van der Waals surface area contributed by atoms with Crippen LogP contribution in [-0.2, 0) is 19.2 Å². The Morgan fingerprint density at radius 3 is 1.32 bits per heavy atom. The van der Waals surface area contributed by atoms with Crippen LogP contribution in [0.2, 0.25) is 0 Å². The summed E-state index contributed by atoms with van der Waals surface area (Å²) in [6.45, 7) is 0. The molecule has 0 aromatic heterocycles. The van der Waals surface area contributed by atoms with E-state index in [0.717, 1.165) is 0 Å². The van der Waals surface area contributed by atoms with E-state index >= 15 is 0 Å². The summed E-state index contributed by atoms with van der Waals surface area (Å²) < 4.78 is 0. The van der Waals surface area contributed by atoms with Gasteiger partial charge in [0.25, 0.3) is 0 Å². The molecule has 0 aliphatic rings. The zero-order valence-corrected chi connectivity index (χ0v) is 10.4. The lowest BCUT2D eigenvalue weighted by atomic mass is 9.88. The number of aliphatic carboxylic acids is 2. The number of amides is 2. The molecule has 0 aliphatic carbocycles. The van der Waals surface area contributed by atoms with Crippen LogP contribution in [0.15, 0.2) is 0 Å². The fraction of sp³-hybridized carbons (Fsp3) is 0.636. The van der Waals surface area contributed by atoms with Gasteiger partial charge in [-0.05, 0) is 19.3 Å². The molecular formula is C11H18N2O6. The van der Waals surface area contributed by atoms with E-state index in [1.54, 1.807) is 0 Å². The Morgan fingerprint density at radius 2 is 1.11 bits per heavy atom. The van der Waals surface area contributed by atoms with Crippen molar-refractivity contribution in [3.05, 3.63) is 0 Å². The number of carboxylic acid groups (broad SMARTS) is 2. The number of carboxylic acids is 2. The van der Waals surface area contributed by atoms with Crippen LogP contribution in [0.25, 0.3) is 0 Å². The molecule has 8 heteroatoms. The van der Waals surface area contributed by atoms with E-state index in [0.29, 0.717) is 0 Å². The van der Waals surface area contributed by atoms with E-state index in [-0.39, 0.29) is 32.1 Å². The highest BCUT2D eigenvalue weighted by Gasteiger charge is 2.27. The van der Waals surface area contributed by atoms with Gasteiger partial charge in [0.2, 0.25) is 11.8 Å². The van der Waals surface area contributed by atoms with Crippen LogP contribution >= 0.6 is 0 Å². The minimum Gasteiger partial charge on any atom is -0.481 e. The second-order valence-corrected chi connectivity index (χ2v) is 4.32. The molecule has 2 unspecified atom stereocenters. The average Bonchev–Trinajstić information content (AvgIpc) is 2.26. The maximum atomic E-state index is 11.0. The van der Waals surface area contributed by atoms with Crippen molar-refractivity contribution in [2.45, 2.75) is 32.1 Å². The molecule has 0 fully saturated rings. The third kappa shape index (κ3) is 7.74. The number of carbonyl (C=O) groups is 4.